The van der Waals surface area contributed by atoms with Crippen LogP contribution in [0.2, 0.25) is 0 Å². The van der Waals surface area contributed by atoms with Gasteiger partial charge in [-0.2, -0.15) is 4.31 Å². The van der Waals surface area contributed by atoms with E-state index in [1.54, 1.807) is 0 Å². The van der Waals surface area contributed by atoms with E-state index in [0.717, 1.165) is 12.5 Å². The van der Waals surface area contributed by atoms with E-state index in [9.17, 15) is 17.6 Å². The predicted octanol–water partition coefficient (Wildman–Crippen LogP) is 2.78. The first kappa shape index (κ1) is 19.8. The predicted molar refractivity (Wildman–Crippen MR) is 95.0 cm³/mol. The number of nitrogens with zero attached hydrogens (tertiary/aromatic N) is 1. The summed E-state index contributed by atoms with van der Waals surface area (Å²) >= 11 is 0. The molecule has 0 bridgehead atoms. The minimum Gasteiger partial charge on any atom is -0.356 e. The van der Waals surface area contributed by atoms with E-state index in [2.05, 4.69) is 5.32 Å². The molecule has 0 atom stereocenters. The SMILES string of the molecule is CC(C)CNC(=O)CCC1CCN(S(=O)(=O)c2ccccc2F)CC1. The largest absolute Gasteiger partial charge is 0.356 e. The number of amides is 1. The zero-order valence-electron chi connectivity index (χ0n) is 14.9. The van der Waals surface area contributed by atoms with E-state index in [1.807, 2.05) is 13.8 Å². The first-order valence-electron chi connectivity index (χ1n) is 8.82. The lowest BCUT2D eigenvalue weighted by molar-refractivity contribution is -0.121. The Kier molecular flexibility index (Phi) is 6.95. The average Bonchev–Trinajstić information content (AvgIpc) is 2.58. The van der Waals surface area contributed by atoms with Crippen LogP contribution in [-0.2, 0) is 14.8 Å². The first-order chi connectivity index (χ1) is 11.8. The van der Waals surface area contributed by atoms with Crippen LogP contribution >= 0.6 is 0 Å². The smallest absolute Gasteiger partial charge is 0.245 e. The lowest BCUT2D eigenvalue weighted by Gasteiger charge is -2.31. The Bertz CT molecular complexity index is 683. The van der Waals surface area contributed by atoms with Crippen molar-refractivity contribution in [2.75, 3.05) is 19.6 Å². The number of halogens is 1. The minimum absolute atomic E-state index is 0.0510. The van der Waals surface area contributed by atoms with Gasteiger partial charge in [-0.25, -0.2) is 12.8 Å². The highest BCUT2D eigenvalue weighted by Crippen LogP contribution is 2.27. The quantitative estimate of drug-likeness (QED) is 0.803. The third kappa shape index (κ3) is 5.51. The Morgan fingerprint density at radius 2 is 1.92 bits per heavy atom. The number of benzene rings is 1. The minimum atomic E-state index is -3.79. The van der Waals surface area contributed by atoms with Crippen molar-refractivity contribution < 1.29 is 17.6 Å². The summed E-state index contributed by atoms with van der Waals surface area (Å²) in [4.78, 5) is 11.5. The van der Waals surface area contributed by atoms with Crippen LogP contribution in [-0.4, -0.2) is 38.3 Å². The third-order valence-corrected chi connectivity index (χ3v) is 6.45. The number of rotatable bonds is 7. The van der Waals surface area contributed by atoms with Crippen molar-refractivity contribution in [2.24, 2.45) is 11.8 Å². The third-order valence-electron chi connectivity index (χ3n) is 4.52. The van der Waals surface area contributed by atoms with Crippen molar-refractivity contribution in [2.45, 2.75) is 44.4 Å². The van der Waals surface area contributed by atoms with Crippen LogP contribution in [0.3, 0.4) is 0 Å². The molecule has 1 aliphatic heterocycles. The molecule has 1 aliphatic rings. The monoisotopic (exact) mass is 370 g/mol. The molecule has 1 aromatic carbocycles. The number of sulfonamides is 1. The first-order valence-corrected chi connectivity index (χ1v) is 10.3. The average molecular weight is 370 g/mol. The second kappa shape index (κ2) is 8.76. The maximum atomic E-state index is 13.8. The van der Waals surface area contributed by atoms with Gasteiger partial charge in [-0.3, -0.25) is 4.79 Å². The molecular weight excluding hydrogens is 343 g/mol. The van der Waals surface area contributed by atoms with Gasteiger partial charge < -0.3 is 5.32 Å². The van der Waals surface area contributed by atoms with Gasteiger partial charge in [0, 0.05) is 26.1 Å². The van der Waals surface area contributed by atoms with Crippen molar-refractivity contribution in [1.82, 2.24) is 9.62 Å². The molecule has 0 saturated carbocycles. The molecular formula is C18H27FN2O3S. The Morgan fingerprint density at radius 3 is 2.52 bits per heavy atom. The standard InChI is InChI=1S/C18H27FN2O3S/c1-14(2)13-20-18(22)8-7-15-9-11-21(12-10-15)25(23,24)17-6-4-3-5-16(17)19/h3-6,14-15H,7-13H2,1-2H3,(H,20,22). The van der Waals surface area contributed by atoms with Gasteiger partial charge in [-0.05, 0) is 43.2 Å². The van der Waals surface area contributed by atoms with Gasteiger partial charge in [-0.1, -0.05) is 26.0 Å². The summed E-state index contributed by atoms with van der Waals surface area (Å²) in [5.74, 6) is 0.0919. The van der Waals surface area contributed by atoms with Crippen molar-refractivity contribution in [3.63, 3.8) is 0 Å². The van der Waals surface area contributed by atoms with E-state index in [0.29, 0.717) is 50.7 Å². The van der Waals surface area contributed by atoms with Crippen LogP contribution in [0.4, 0.5) is 4.39 Å². The molecule has 1 fully saturated rings. The highest BCUT2D eigenvalue weighted by molar-refractivity contribution is 7.89. The van der Waals surface area contributed by atoms with Gasteiger partial charge in [0.15, 0.2) is 0 Å². The van der Waals surface area contributed by atoms with Gasteiger partial charge in [0.25, 0.3) is 0 Å². The summed E-state index contributed by atoms with van der Waals surface area (Å²) in [6.07, 6.45) is 2.63. The lowest BCUT2D eigenvalue weighted by Crippen LogP contribution is -2.39. The van der Waals surface area contributed by atoms with Gasteiger partial charge in [0.2, 0.25) is 15.9 Å². The Balaban J connectivity index is 1.83. The van der Waals surface area contributed by atoms with Crippen LogP contribution in [0.1, 0.15) is 39.5 Å². The van der Waals surface area contributed by atoms with Crippen molar-refractivity contribution >= 4 is 15.9 Å². The molecule has 0 unspecified atom stereocenters. The van der Waals surface area contributed by atoms with Crippen molar-refractivity contribution in [3.05, 3.63) is 30.1 Å². The molecule has 1 amide bonds. The van der Waals surface area contributed by atoms with E-state index < -0.39 is 15.8 Å². The van der Waals surface area contributed by atoms with Gasteiger partial charge in [0.1, 0.15) is 10.7 Å². The molecule has 2 rings (SSSR count). The fraction of sp³-hybridized carbons (Fsp3) is 0.611. The van der Waals surface area contributed by atoms with E-state index in [1.165, 1.54) is 22.5 Å². The van der Waals surface area contributed by atoms with E-state index >= 15 is 0 Å². The second-order valence-electron chi connectivity index (χ2n) is 7.01. The number of hydrogen-bond acceptors (Lipinski definition) is 3. The molecule has 0 aromatic heterocycles. The highest BCUT2D eigenvalue weighted by atomic mass is 32.2. The summed E-state index contributed by atoms with van der Waals surface area (Å²) in [5, 5.41) is 2.90. The number of nitrogens with one attached hydrogen (secondary N) is 1. The Labute approximate surface area is 149 Å². The van der Waals surface area contributed by atoms with Gasteiger partial charge in [0.05, 0.1) is 0 Å². The van der Waals surface area contributed by atoms with Gasteiger partial charge >= 0.3 is 0 Å². The molecule has 140 valence electrons. The molecule has 1 aromatic rings. The normalized spacial score (nSPS) is 17.0. The Hall–Kier alpha value is -1.47. The zero-order chi connectivity index (χ0) is 18.4. The number of carbonyl (C=O) groups excluding carboxylic acids is 1. The molecule has 1 heterocycles. The van der Waals surface area contributed by atoms with E-state index in [4.69, 9.17) is 0 Å². The maximum Gasteiger partial charge on any atom is 0.245 e. The topological polar surface area (TPSA) is 66.5 Å². The Morgan fingerprint density at radius 1 is 1.28 bits per heavy atom. The van der Waals surface area contributed by atoms with Crippen molar-refractivity contribution in [1.29, 1.82) is 0 Å². The summed E-state index contributed by atoms with van der Waals surface area (Å²) in [6, 6.07) is 5.47. The number of hydrogen-bond donors (Lipinski definition) is 1. The summed E-state index contributed by atoms with van der Waals surface area (Å²) in [7, 11) is -3.79. The maximum absolute atomic E-state index is 13.8. The van der Waals surface area contributed by atoms with Crippen LogP contribution in [0, 0.1) is 17.7 Å². The van der Waals surface area contributed by atoms with Crippen molar-refractivity contribution in [3.8, 4) is 0 Å². The van der Waals surface area contributed by atoms with Crippen LogP contribution in [0.5, 0.6) is 0 Å². The van der Waals surface area contributed by atoms with Crippen LogP contribution in [0.15, 0.2) is 29.2 Å². The molecule has 1 saturated heterocycles. The summed E-state index contributed by atoms with van der Waals surface area (Å²) in [6.45, 7) is 5.51. The molecule has 0 radical (unpaired) electrons. The molecule has 0 aliphatic carbocycles. The summed E-state index contributed by atoms with van der Waals surface area (Å²) < 4.78 is 40.3. The van der Waals surface area contributed by atoms with Gasteiger partial charge in [-0.15, -0.1) is 0 Å². The molecule has 1 N–H and O–H groups in total. The highest BCUT2D eigenvalue weighted by Gasteiger charge is 2.31. The van der Waals surface area contributed by atoms with E-state index in [-0.39, 0.29) is 10.8 Å². The van der Waals surface area contributed by atoms with Crippen LogP contribution in [0.25, 0.3) is 0 Å². The molecule has 7 heteroatoms. The second-order valence-corrected chi connectivity index (χ2v) is 8.92. The number of piperidine rings is 1. The summed E-state index contributed by atoms with van der Waals surface area (Å²) in [5.41, 5.74) is 0. The zero-order valence-corrected chi connectivity index (χ0v) is 15.7. The molecule has 0 spiro atoms. The molecule has 25 heavy (non-hydrogen) atoms. The van der Waals surface area contributed by atoms with Crippen LogP contribution < -0.4 is 5.32 Å². The lowest BCUT2D eigenvalue weighted by atomic mass is 9.93. The number of carbonyl (C=O) groups is 1. The molecule has 5 nitrogen and oxygen atoms in total. The fourth-order valence-electron chi connectivity index (χ4n) is 2.97. The fourth-order valence-corrected chi connectivity index (χ4v) is 4.51.